The molecule has 0 aliphatic heterocycles. The summed E-state index contributed by atoms with van der Waals surface area (Å²) >= 11 is 0. The standard InChI is InChI=1S/C25H24O12/c26-15-5-1-12(9-17(15)28)3-7-20(31)36-23-14(25(34)35)11-19(30)22(33)24(23)37-21(32)8-4-13-2-6-16(27)18(29)10-13/h1-10,14,19,22-24,26-30,33H,11H2,(H,34,35)/t14?,19-,22+,23-,24+/m1/s1. The van der Waals surface area contributed by atoms with Crippen molar-refractivity contribution < 1.29 is 59.6 Å². The number of phenolic OH excluding ortho intramolecular Hbond substituents is 4. The van der Waals surface area contributed by atoms with E-state index in [1.807, 2.05) is 0 Å². The van der Waals surface area contributed by atoms with Gasteiger partial charge in [0.25, 0.3) is 0 Å². The number of phenols is 4. The fourth-order valence-electron chi connectivity index (χ4n) is 3.67. The minimum absolute atomic E-state index is 0.299. The molecule has 2 aromatic carbocycles. The van der Waals surface area contributed by atoms with Gasteiger partial charge in [-0.05, 0) is 54.0 Å². The molecule has 0 spiro atoms. The van der Waals surface area contributed by atoms with Crippen LogP contribution < -0.4 is 0 Å². The first kappa shape index (κ1) is 27.0. The molecule has 1 fully saturated rings. The molecule has 0 aromatic heterocycles. The molecular formula is C25H24O12. The zero-order valence-corrected chi connectivity index (χ0v) is 19.0. The van der Waals surface area contributed by atoms with Crippen LogP contribution in [0.15, 0.2) is 48.6 Å². The summed E-state index contributed by atoms with van der Waals surface area (Å²) in [5.74, 6) is -6.76. The summed E-state index contributed by atoms with van der Waals surface area (Å²) in [6.07, 6.45) is -3.06. The average Bonchev–Trinajstić information content (AvgIpc) is 2.84. The second kappa shape index (κ2) is 11.5. The third-order valence-electron chi connectivity index (χ3n) is 5.59. The molecule has 0 heterocycles. The van der Waals surface area contributed by atoms with Crippen LogP contribution in [0, 0.1) is 5.92 Å². The van der Waals surface area contributed by atoms with Crippen molar-refractivity contribution >= 4 is 30.1 Å². The Morgan fingerprint density at radius 2 is 1.19 bits per heavy atom. The van der Waals surface area contributed by atoms with E-state index in [0.29, 0.717) is 11.1 Å². The van der Waals surface area contributed by atoms with Crippen LogP contribution in [0.3, 0.4) is 0 Å². The lowest BCUT2D eigenvalue weighted by molar-refractivity contribution is -0.204. The first-order chi connectivity index (χ1) is 17.5. The molecule has 0 saturated heterocycles. The number of hydrogen-bond acceptors (Lipinski definition) is 11. The van der Waals surface area contributed by atoms with E-state index in [4.69, 9.17) is 9.47 Å². The number of benzene rings is 2. The van der Waals surface area contributed by atoms with Gasteiger partial charge in [0.05, 0.1) is 12.0 Å². The number of hydrogen-bond donors (Lipinski definition) is 7. The predicted octanol–water partition coefficient (Wildman–Crippen LogP) is 0.885. The van der Waals surface area contributed by atoms with Gasteiger partial charge in [-0.2, -0.15) is 0 Å². The minimum atomic E-state index is -1.78. The largest absolute Gasteiger partial charge is 0.504 e. The zero-order valence-electron chi connectivity index (χ0n) is 19.0. The Hall–Kier alpha value is -4.55. The van der Waals surface area contributed by atoms with Gasteiger partial charge in [0.15, 0.2) is 35.2 Å². The van der Waals surface area contributed by atoms with Gasteiger partial charge in [0, 0.05) is 12.2 Å². The van der Waals surface area contributed by atoms with Crippen molar-refractivity contribution in [2.24, 2.45) is 5.92 Å². The van der Waals surface area contributed by atoms with Gasteiger partial charge in [-0.25, -0.2) is 9.59 Å². The molecule has 7 N–H and O–H groups in total. The highest BCUT2D eigenvalue weighted by atomic mass is 16.6. The molecule has 0 radical (unpaired) electrons. The molecule has 1 aliphatic rings. The van der Waals surface area contributed by atoms with Gasteiger partial charge < -0.3 is 45.2 Å². The zero-order chi connectivity index (χ0) is 27.3. The maximum absolute atomic E-state index is 12.4. The molecule has 1 saturated carbocycles. The molecular weight excluding hydrogens is 492 g/mol. The van der Waals surface area contributed by atoms with E-state index in [0.717, 1.165) is 24.3 Å². The summed E-state index contributed by atoms with van der Waals surface area (Å²) in [5.41, 5.74) is 0.600. The monoisotopic (exact) mass is 516 g/mol. The summed E-state index contributed by atoms with van der Waals surface area (Å²) in [7, 11) is 0. The number of aromatic hydroxyl groups is 4. The number of ether oxygens (including phenoxy) is 2. The summed E-state index contributed by atoms with van der Waals surface area (Å²) in [6.45, 7) is 0. The van der Waals surface area contributed by atoms with E-state index in [-0.39, 0.29) is 11.5 Å². The fraction of sp³-hybridized carbons (Fsp3) is 0.240. The number of carboxylic acid groups (broad SMARTS) is 1. The molecule has 1 unspecified atom stereocenters. The van der Waals surface area contributed by atoms with Crippen LogP contribution in [0.4, 0.5) is 0 Å². The first-order valence-electron chi connectivity index (χ1n) is 10.9. The van der Waals surface area contributed by atoms with E-state index in [2.05, 4.69) is 0 Å². The Morgan fingerprint density at radius 1 is 0.730 bits per heavy atom. The smallest absolute Gasteiger partial charge is 0.331 e. The second-order valence-corrected chi connectivity index (χ2v) is 8.20. The summed E-state index contributed by atoms with van der Waals surface area (Å²) < 4.78 is 10.4. The number of carbonyl (C=O) groups is 3. The topological polar surface area (TPSA) is 211 Å². The van der Waals surface area contributed by atoms with Crippen molar-refractivity contribution in [1.82, 2.24) is 0 Å². The summed E-state index contributed by atoms with van der Waals surface area (Å²) in [4.78, 5) is 36.6. The molecule has 0 amide bonds. The number of carboxylic acids is 1. The summed E-state index contributed by atoms with van der Waals surface area (Å²) in [6, 6.07) is 7.44. The lowest BCUT2D eigenvalue weighted by Gasteiger charge is -2.40. The minimum Gasteiger partial charge on any atom is -0.504 e. The molecule has 0 bridgehead atoms. The van der Waals surface area contributed by atoms with Crippen molar-refractivity contribution in [2.45, 2.75) is 30.8 Å². The molecule has 3 rings (SSSR count). The van der Waals surface area contributed by atoms with Gasteiger partial charge in [-0.1, -0.05) is 12.1 Å². The van der Waals surface area contributed by atoms with Crippen molar-refractivity contribution in [3.05, 3.63) is 59.7 Å². The number of carbonyl (C=O) groups excluding carboxylic acids is 2. The van der Waals surface area contributed by atoms with Crippen molar-refractivity contribution in [2.75, 3.05) is 0 Å². The third-order valence-corrected chi connectivity index (χ3v) is 5.59. The lowest BCUT2D eigenvalue weighted by Crippen LogP contribution is -2.58. The number of aliphatic hydroxyl groups excluding tert-OH is 2. The van der Waals surface area contributed by atoms with Crippen molar-refractivity contribution in [3.8, 4) is 23.0 Å². The quantitative estimate of drug-likeness (QED) is 0.155. The molecule has 2 aromatic rings. The SMILES string of the molecule is O=C(C=Cc1ccc(O)c(O)c1)O[C@H]1[C@@H](O)[C@H](O)CC(C(=O)O)[C@H]1OC(=O)C=Cc1ccc(O)c(O)c1. The molecule has 1 aliphatic carbocycles. The maximum atomic E-state index is 12.4. The Balaban J connectivity index is 1.78. The van der Waals surface area contributed by atoms with Crippen LogP contribution in [0.5, 0.6) is 23.0 Å². The van der Waals surface area contributed by atoms with Crippen molar-refractivity contribution in [3.63, 3.8) is 0 Å². The highest BCUT2D eigenvalue weighted by Gasteiger charge is 2.50. The molecule has 196 valence electrons. The Morgan fingerprint density at radius 3 is 1.62 bits per heavy atom. The Kier molecular flexibility index (Phi) is 8.37. The Bertz CT molecular complexity index is 1230. The highest BCUT2D eigenvalue weighted by Crippen LogP contribution is 2.32. The van der Waals surface area contributed by atoms with Crippen LogP contribution in [0.2, 0.25) is 0 Å². The van der Waals surface area contributed by atoms with Crippen LogP contribution >= 0.6 is 0 Å². The van der Waals surface area contributed by atoms with Crippen LogP contribution in [0.1, 0.15) is 17.5 Å². The van der Waals surface area contributed by atoms with Gasteiger partial charge in [0.1, 0.15) is 6.10 Å². The number of rotatable bonds is 7. The van der Waals surface area contributed by atoms with Gasteiger partial charge in [0.2, 0.25) is 0 Å². The van der Waals surface area contributed by atoms with Crippen molar-refractivity contribution in [1.29, 1.82) is 0 Å². The highest BCUT2D eigenvalue weighted by molar-refractivity contribution is 5.88. The number of aliphatic carboxylic acids is 1. The number of esters is 2. The van der Waals surface area contributed by atoms with E-state index >= 15 is 0 Å². The molecule has 12 heteroatoms. The summed E-state index contributed by atoms with van der Waals surface area (Å²) in [5, 5.41) is 67.9. The molecule has 37 heavy (non-hydrogen) atoms. The Labute approximate surface area is 209 Å². The van der Waals surface area contributed by atoms with Crippen LogP contribution in [-0.4, -0.2) is 78.1 Å². The average molecular weight is 516 g/mol. The lowest BCUT2D eigenvalue weighted by atomic mass is 9.80. The van der Waals surface area contributed by atoms with Gasteiger partial charge in [-0.15, -0.1) is 0 Å². The van der Waals surface area contributed by atoms with Crippen LogP contribution in [-0.2, 0) is 23.9 Å². The van der Waals surface area contributed by atoms with Gasteiger partial charge >= 0.3 is 17.9 Å². The normalized spacial score (nSPS) is 23.7. The van der Waals surface area contributed by atoms with E-state index in [1.165, 1.54) is 36.4 Å². The third kappa shape index (κ3) is 6.78. The van der Waals surface area contributed by atoms with E-state index < -0.39 is 66.2 Å². The molecule has 12 nitrogen and oxygen atoms in total. The van der Waals surface area contributed by atoms with E-state index in [9.17, 15) is 50.1 Å². The number of aliphatic hydroxyl groups is 2. The van der Waals surface area contributed by atoms with Gasteiger partial charge in [-0.3, -0.25) is 4.79 Å². The maximum Gasteiger partial charge on any atom is 0.331 e. The van der Waals surface area contributed by atoms with Crippen LogP contribution in [0.25, 0.3) is 12.2 Å². The molecule has 5 atom stereocenters. The first-order valence-corrected chi connectivity index (χ1v) is 10.9. The second-order valence-electron chi connectivity index (χ2n) is 8.20. The predicted molar refractivity (Wildman–Crippen MR) is 125 cm³/mol. The van der Waals surface area contributed by atoms with E-state index in [1.54, 1.807) is 0 Å². The fourth-order valence-corrected chi connectivity index (χ4v) is 3.67.